The predicted molar refractivity (Wildman–Crippen MR) is 118 cm³/mol. The van der Waals surface area contributed by atoms with E-state index in [4.69, 9.17) is 11.6 Å². The molecule has 0 saturated carbocycles. The first-order valence-electron chi connectivity index (χ1n) is 10.3. The summed E-state index contributed by atoms with van der Waals surface area (Å²) >= 11 is 5.92. The largest absolute Gasteiger partial charge is 0.349 e. The summed E-state index contributed by atoms with van der Waals surface area (Å²) in [5.41, 5.74) is 2.50. The van der Waals surface area contributed by atoms with E-state index in [0.29, 0.717) is 23.7 Å². The Bertz CT molecular complexity index is 1030. The minimum atomic E-state index is -0.220. The third kappa shape index (κ3) is 4.94. The van der Waals surface area contributed by atoms with E-state index >= 15 is 0 Å². The molecule has 3 aromatic rings. The summed E-state index contributed by atoms with van der Waals surface area (Å²) in [6, 6.07) is 14.5. The molecular formula is C23H24ClN5O2. The summed E-state index contributed by atoms with van der Waals surface area (Å²) in [6.45, 7) is 3.04. The van der Waals surface area contributed by atoms with Crippen molar-refractivity contribution in [2.45, 2.75) is 25.8 Å². The number of amides is 2. The molecule has 4 rings (SSSR count). The quantitative estimate of drug-likeness (QED) is 0.660. The highest BCUT2D eigenvalue weighted by Crippen LogP contribution is 2.22. The molecule has 0 radical (unpaired) electrons. The molecule has 1 N–H and O–H groups in total. The Labute approximate surface area is 186 Å². The second-order valence-corrected chi connectivity index (χ2v) is 8.20. The van der Waals surface area contributed by atoms with Crippen molar-refractivity contribution in [3.05, 3.63) is 77.3 Å². The van der Waals surface area contributed by atoms with Crippen LogP contribution >= 0.6 is 11.6 Å². The van der Waals surface area contributed by atoms with Gasteiger partial charge in [-0.25, -0.2) is 9.67 Å². The van der Waals surface area contributed by atoms with E-state index in [2.05, 4.69) is 15.4 Å². The number of hydrogen-bond donors (Lipinski definition) is 1. The summed E-state index contributed by atoms with van der Waals surface area (Å²) < 4.78 is 1.68. The number of benzene rings is 2. The molecule has 2 atom stereocenters. The van der Waals surface area contributed by atoms with Gasteiger partial charge in [-0.15, -0.1) is 0 Å². The highest BCUT2D eigenvalue weighted by molar-refractivity contribution is 6.30. The molecule has 1 aliphatic rings. The van der Waals surface area contributed by atoms with Crippen molar-refractivity contribution in [2.75, 3.05) is 13.1 Å². The van der Waals surface area contributed by atoms with Crippen LogP contribution in [0.4, 0.5) is 0 Å². The van der Waals surface area contributed by atoms with E-state index < -0.39 is 0 Å². The summed E-state index contributed by atoms with van der Waals surface area (Å²) in [5.74, 6) is -0.311. The van der Waals surface area contributed by atoms with Crippen molar-refractivity contribution in [2.24, 2.45) is 5.92 Å². The molecule has 31 heavy (non-hydrogen) atoms. The van der Waals surface area contributed by atoms with Gasteiger partial charge in [0, 0.05) is 23.7 Å². The maximum atomic E-state index is 12.9. The molecule has 1 aliphatic heterocycles. The van der Waals surface area contributed by atoms with Crippen LogP contribution in [0.3, 0.4) is 0 Å². The first-order chi connectivity index (χ1) is 15.0. The summed E-state index contributed by atoms with van der Waals surface area (Å²) in [7, 11) is 0. The van der Waals surface area contributed by atoms with Crippen molar-refractivity contribution in [3.8, 4) is 5.69 Å². The Kier molecular flexibility index (Phi) is 6.32. The van der Waals surface area contributed by atoms with Crippen LogP contribution in [0, 0.1) is 5.92 Å². The third-order valence-corrected chi connectivity index (χ3v) is 5.86. The first-order valence-corrected chi connectivity index (χ1v) is 10.7. The number of nitrogens with one attached hydrogen (secondary N) is 1. The van der Waals surface area contributed by atoms with Gasteiger partial charge in [0.05, 0.1) is 17.6 Å². The average molecular weight is 438 g/mol. The van der Waals surface area contributed by atoms with Gasteiger partial charge in [-0.05, 0) is 61.7 Å². The molecule has 1 fully saturated rings. The Morgan fingerprint density at radius 3 is 2.55 bits per heavy atom. The zero-order valence-electron chi connectivity index (χ0n) is 17.2. The number of carbonyl (C=O) groups excluding carboxylic acids is 2. The minimum absolute atomic E-state index is 0.0264. The van der Waals surface area contributed by atoms with E-state index in [1.165, 1.54) is 6.33 Å². The van der Waals surface area contributed by atoms with Gasteiger partial charge >= 0.3 is 0 Å². The second kappa shape index (κ2) is 9.31. The maximum absolute atomic E-state index is 12.9. The molecule has 0 unspecified atom stereocenters. The molecule has 8 heteroatoms. The van der Waals surface area contributed by atoms with Gasteiger partial charge in [-0.2, -0.15) is 5.10 Å². The van der Waals surface area contributed by atoms with Crippen LogP contribution in [-0.2, 0) is 4.79 Å². The number of hydrogen-bond acceptors (Lipinski definition) is 4. The predicted octanol–water partition coefficient (Wildman–Crippen LogP) is 3.65. The first kappa shape index (κ1) is 21.1. The Hall–Kier alpha value is -3.19. The van der Waals surface area contributed by atoms with Gasteiger partial charge in [0.1, 0.15) is 12.7 Å². The van der Waals surface area contributed by atoms with E-state index in [-0.39, 0.29) is 23.8 Å². The molecule has 0 spiro atoms. The molecular weight excluding hydrogens is 414 g/mol. The van der Waals surface area contributed by atoms with Gasteiger partial charge in [0.25, 0.3) is 5.91 Å². The lowest BCUT2D eigenvalue weighted by molar-refractivity contribution is -0.127. The zero-order valence-corrected chi connectivity index (χ0v) is 18.0. The van der Waals surface area contributed by atoms with E-state index in [0.717, 1.165) is 24.1 Å². The number of piperidine rings is 1. The number of rotatable bonds is 5. The van der Waals surface area contributed by atoms with Crippen molar-refractivity contribution in [1.82, 2.24) is 25.0 Å². The van der Waals surface area contributed by atoms with Crippen LogP contribution in [0.5, 0.6) is 0 Å². The molecule has 2 aromatic carbocycles. The Morgan fingerprint density at radius 1 is 1.13 bits per heavy atom. The number of aromatic nitrogens is 3. The summed E-state index contributed by atoms with van der Waals surface area (Å²) in [5, 5.41) is 7.81. The fourth-order valence-corrected chi connectivity index (χ4v) is 3.95. The average Bonchev–Trinajstić information content (AvgIpc) is 3.34. The van der Waals surface area contributed by atoms with E-state index in [1.54, 1.807) is 40.2 Å². The van der Waals surface area contributed by atoms with Gasteiger partial charge < -0.3 is 10.2 Å². The highest BCUT2D eigenvalue weighted by Gasteiger charge is 2.29. The third-order valence-electron chi connectivity index (χ3n) is 5.61. The van der Waals surface area contributed by atoms with Crippen molar-refractivity contribution in [3.63, 3.8) is 0 Å². The van der Waals surface area contributed by atoms with Crippen LogP contribution in [0.1, 0.15) is 41.7 Å². The van der Waals surface area contributed by atoms with Crippen LogP contribution in [0.25, 0.3) is 5.69 Å². The van der Waals surface area contributed by atoms with Crippen LogP contribution in [-0.4, -0.2) is 44.6 Å². The van der Waals surface area contributed by atoms with Gasteiger partial charge in [0.15, 0.2) is 0 Å². The van der Waals surface area contributed by atoms with E-state index in [9.17, 15) is 9.59 Å². The monoisotopic (exact) mass is 437 g/mol. The van der Waals surface area contributed by atoms with Gasteiger partial charge in [0.2, 0.25) is 5.91 Å². The number of nitrogens with zero attached hydrogens (tertiary/aromatic N) is 4. The molecule has 1 saturated heterocycles. The number of halogens is 1. The van der Waals surface area contributed by atoms with Crippen molar-refractivity contribution in [1.29, 1.82) is 0 Å². The van der Waals surface area contributed by atoms with Crippen LogP contribution in [0.15, 0.2) is 61.2 Å². The van der Waals surface area contributed by atoms with Crippen LogP contribution < -0.4 is 5.32 Å². The molecule has 7 nitrogen and oxygen atoms in total. The number of likely N-dealkylation sites (tertiary alicyclic amines) is 1. The molecule has 160 valence electrons. The van der Waals surface area contributed by atoms with Crippen molar-refractivity contribution >= 4 is 23.4 Å². The minimum Gasteiger partial charge on any atom is -0.349 e. The van der Waals surface area contributed by atoms with Gasteiger partial charge in [-0.1, -0.05) is 23.7 Å². The standard InChI is InChI=1S/C23H24ClN5O2/c1-16(17-6-10-21(11-7-17)29-15-25-14-26-29)27-22(30)19-3-2-12-28(13-19)23(31)18-4-8-20(24)9-5-18/h4-11,14-16,19H,2-3,12-13H2,1H3,(H,27,30)/t16-,19-/m1/s1. The lowest BCUT2D eigenvalue weighted by atomic mass is 9.95. The molecule has 0 bridgehead atoms. The number of carbonyl (C=O) groups is 2. The van der Waals surface area contributed by atoms with Gasteiger partial charge in [-0.3, -0.25) is 9.59 Å². The van der Waals surface area contributed by atoms with Crippen molar-refractivity contribution < 1.29 is 9.59 Å². The zero-order chi connectivity index (χ0) is 21.8. The van der Waals surface area contributed by atoms with E-state index in [1.807, 2.05) is 31.2 Å². The topological polar surface area (TPSA) is 80.1 Å². The Balaban J connectivity index is 1.36. The van der Waals surface area contributed by atoms with Crippen LogP contribution in [0.2, 0.25) is 5.02 Å². The second-order valence-electron chi connectivity index (χ2n) is 7.76. The molecule has 1 aromatic heterocycles. The summed E-state index contributed by atoms with van der Waals surface area (Å²) in [4.78, 5) is 31.4. The fraction of sp³-hybridized carbons (Fsp3) is 0.304. The SMILES string of the molecule is C[C@@H](NC(=O)[C@@H]1CCCN(C(=O)c2ccc(Cl)cc2)C1)c1ccc(-n2cncn2)cc1. The smallest absolute Gasteiger partial charge is 0.253 e. The summed E-state index contributed by atoms with van der Waals surface area (Å²) in [6.07, 6.45) is 4.70. The normalized spacial score (nSPS) is 17.2. The molecule has 2 heterocycles. The lowest BCUT2D eigenvalue weighted by Crippen LogP contribution is -2.45. The molecule has 2 amide bonds. The molecule has 0 aliphatic carbocycles. The highest BCUT2D eigenvalue weighted by atomic mass is 35.5. The Morgan fingerprint density at radius 2 is 1.87 bits per heavy atom. The fourth-order valence-electron chi connectivity index (χ4n) is 3.82. The maximum Gasteiger partial charge on any atom is 0.253 e. The lowest BCUT2D eigenvalue weighted by Gasteiger charge is -2.32.